The summed E-state index contributed by atoms with van der Waals surface area (Å²) in [6, 6.07) is 9.80. The van der Waals surface area contributed by atoms with E-state index in [2.05, 4.69) is 0 Å². The molecule has 6 heteroatoms. The minimum absolute atomic E-state index is 0.740. The van der Waals surface area contributed by atoms with Crippen LogP contribution in [0.3, 0.4) is 0 Å². The fourth-order valence-corrected chi connectivity index (χ4v) is 0.683. The second-order valence-corrected chi connectivity index (χ2v) is 2.24. The van der Waals surface area contributed by atoms with Crippen LogP contribution in [-0.2, 0) is 0 Å². The Morgan fingerprint density at radius 2 is 1.50 bits per heavy atom. The third kappa shape index (κ3) is 10.8. The molecule has 0 atom stereocenters. The molecule has 0 amide bonds. The molecule has 0 saturated carbocycles. The zero-order valence-corrected chi connectivity index (χ0v) is 7.59. The highest BCUT2D eigenvalue weighted by atomic mass is 19.5. The van der Waals surface area contributed by atoms with Crippen LogP contribution in [-0.4, -0.2) is 13.9 Å². The Morgan fingerprint density at radius 1 is 1.07 bits per heavy atom. The van der Waals surface area contributed by atoms with E-state index in [0.717, 1.165) is 12.4 Å². The lowest BCUT2D eigenvalue weighted by Gasteiger charge is -1.99. The Morgan fingerprint density at radius 3 is 1.86 bits per heavy atom. The first kappa shape index (κ1) is 12.8. The van der Waals surface area contributed by atoms with Crippen molar-refractivity contribution in [2.75, 3.05) is 6.61 Å². The van der Waals surface area contributed by atoms with E-state index in [-0.39, 0.29) is 0 Å². The second kappa shape index (κ2) is 6.29. The Labute approximate surface area is 79.8 Å². The maximum Gasteiger partial charge on any atom is 0.673 e. The molecule has 0 spiro atoms. The van der Waals surface area contributed by atoms with Gasteiger partial charge in [0.15, 0.2) is 0 Å². The summed E-state index contributed by atoms with van der Waals surface area (Å²) in [5.41, 5.74) is 0. The van der Waals surface area contributed by atoms with Crippen molar-refractivity contribution in [3.8, 4) is 5.75 Å². The predicted octanol–water partition coefficient (Wildman–Crippen LogP) is 3.39. The van der Waals surface area contributed by atoms with Gasteiger partial charge in [0.05, 0.1) is 6.61 Å². The first-order valence-corrected chi connectivity index (χ1v) is 3.98. The largest absolute Gasteiger partial charge is 0.673 e. The van der Waals surface area contributed by atoms with Gasteiger partial charge in [-0.25, -0.2) is 0 Å². The lowest BCUT2D eigenvalue weighted by Crippen LogP contribution is -2.02. The highest BCUT2D eigenvalue weighted by molar-refractivity contribution is 6.50. The summed E-state index contributed by atoms with van der Waals surface area (Å²) in [6.45, 7) is 2.72. The van der Waals surface area contributed by atoms with E-state index >= 15 is 0 Å². The molecule has 0 aromatic heterocycles. The third-order valence-corrected chi connectivity index (χ3v) is 1.05. The number of para-hydroxylation sites is 1. The van der Waals surface area contributed by atoms with Crippen molar-refractivity contribution in [2.45, 2.75) is 6.92 Å². The Hall–Kier alpha value is -1.20. The van der Waals surface area contributed by atoms with Crippen molar-refractivity contribution in [1.82, 2.24) is 0 Å². The maximum absolute atomic E-state index is 9.75. The Kier molecular flexibility index (Phi) is 5.75. The van der Waals surface area contributed by atoms with Gasteiger partial charge in [0.1, 0.15) is 5.75 Å². The van der Waals surface area contributed by atoms with E-state index in [1.54, 1.807) is 0 Å². The molecular weight excluding hydrogens is 199 g/mol. The number of ether oxygens (including phenoxy) is 1. The van der Waals surface area contributed by atoms with Gasteiger partial charge in [0, 0.05) is 0 Å². The number of hydrogen-bond acceptors (Lipinski definition) is 1. The molecule has 0 aliphatic rings. The number of benzene rings is 1. The molecule has 0 aliphatic carbocycles. The second-order valence-electron chi connectivity index (χ2n) is 2.24. The minimum atomic E-state index is -6.00. The molecule has 0 heterocycles. The quantitative estimate of drug-likeness (QED) is 0.535. The van der Waals surface area contributed by atoms with Crippen molar-refractivity contribution < 1.29 is 22.0 Å². The molecule has 14 heavy (non-hydrogen) atoms. The summed E-state index contributed by atoms with van der Waals surface area (Å²) >= 11 is 0. The first-order valence-electron chi connectivity index (χ1n) is 3.98. The van der Waals surface area contributed by atoms with Crippen LogP contribution in [0.5, 0.6) is 5.75 Å². The number of hydrogen-bond donors (Lipinski definition) is 0. The van der Waals surface area contributed by atoms with Crippen LogP contribution in [0.15, 0.2) is 30.3 Å². The molecule has 80 valence electrons. The lowest BCUT2D eigenvalue weighted by molar-refractivity contribution is 0.340. The molecule has 0 unspecified atom stereocenters. The van der Waals surface area contributed by atoms with Crippen molar-refractivity contribution in [1.29, 1.82) is 0 Å². The fraction of sp³-hybridized carbons (Fsp3) is 0.250. The van der Waals surface area contributed by atoms with E-state index in [1.165, 1.54) is 0 Å². The molecule has 1 aromatic carbocycles. The number of rotatable bonds is 2. The Bertz CT molecular complexity index is 231. The van der Waals surface area contributed by atoms with Gasteiger partial charge in [-0.15, -0.1) is 0 Å². The van der Waals surface area contributed by atoms with Crippen molar-refractivity contribution in [3.05, 3.63) is 30.3 Å². The van der Waals surface area contributed by atoms with Gasteiger partial charge in [0.2, 0.25) is 0 Å². The molecule has 1 rings (SSSR count). The highest BCUT2D eigenvalue weighted by Gasteiger charge is 2.20. The summed E-state index contributed by atoms with van der Waals surface area (Å²) in [6.07, 6.45) is 0. The summed E-state index contributed by atoms with van der Waals surface area (Å²) in [5, 5.41) is 0. The van der Waals surface area contributed by atoms with Gasteiger partial charge in [-0.2, -0.15) is 0 Å². The smallest absolute Gasteiger partial charge is 0.494 e. The topological polar surface area (TPSA) is 9.23 Å². The predicted molar refractivity (Wildman–Crippen MR) is 47.8 cm³/mol. The van der Waals surface area contributed by atoms with Gasteiger partial charge in [-0.3, -0.25) is 0 Å². The summed E-state index contributed by atoms with van der Waals surface area (Å²) in [7, 11) is -6.00. The van der Waals surface area contributed by atoms with Crippen molar-refractivity contribution in [2.24, 2.45) is 0 Å². The van der Waals surface area contributed by atoms with E-state index in [0.29, 0.717) is 0 Å². The molecule has 0 aliphatic heterocycles. The van der Waals surface area contributed by atoms with Gasteiger partial charge in [-0.1, -0.05) is 18.2 Å². The van der Waals surface area contributed by atoms with Crippen molar-refractivity contribution >= 4 is 7.25 Å². The average molecular weight is 209 g/mol. The van der Waals surface area contributed by atoms with Crippen LogP contribution in [0.4, 0.5) is 17.3 Å². The molecule has 0 N–H and O–H groups in total. The van der Waals surface area contributed by atoms with Gasteiger partial charge >= 0.3 is 7.25 Å². The van der Waals surface area contributed by atoms with E-state index in [4.69, 9.17) is 4.74 Å². The monoisotopic (exact) mass is 209 g/mol. The Balaban J connectivity index is 0.000000292. The third-order valence-electron chi connectivity index (χ3n) is 1.05. The first-order chi connectivity index (χ1) is 6.43. The molecule has 0 radical (unpaired) electrons. The molecule has 1 aromatic rings. The normalized spacial score (nSPS) is 10.1. The zero-order valence-electron chi connectivity index (χ0n) is 7.59. The molecule has 0 saturated heterocycles. The van der Waals surface area contributed by atoms with Crippen molar-refractivity contribution in [3.63, 3.8) is 0 Å². The van der Waals surface area contributed by atoms with E-state index in [9.17, 15) is 17.3 Å². The lowest BCUT2D eigenvalue weighted by atomic mass is 10.3. The summed E-state index contributed by atoms with van der Waals surface area (Å²) < 4.78 is 44.2. The zero-order chi connectivity index (χ0) is 11.0. The van der Waals surface area contributed by atoms with Crippen LogP contribution < -0.4 is 4.74 Å². The minimum Gasteiger partial charge on any atom is -0.494 e. The van der Waals surface area contributed by atoms with E-state index in [1.807, 2.05) is 37.3 Å². The standard InChI is InChI=1S/C8H10O.BF4/c1-2-9-8-6-4-3-5-7-8;2-1(3,4)5/h3-7H,2H2,1H3;/q;-1. The maximum atomic E-state index is 9.75. The number of halogens is 4. The molecular formula is C8H10BF4O-. The van der Waals surface area contributed by atoms with Crippen LogP contribution in [0, 0.1) is 0 Å². The summed E-state index contributed by atoms with van der Waals surface area (Å²) in [5.74, 6) is 0.944. The van der Waals surface area contributed by atoms with Gasteiger partial charge in [-0.05, 0) is 19.1 Å². The van der Waals surface area contributed by atoms with E-state index < -0.39 is 7.25 Å². The molecule has 0 bridgehead atoms. The molecule has 0 fully saturated rings. The van der Waals surface area contributed by atoms with Gasteiger partial charge < -0.3 is 22.0 Å². The van der Waals surface area contributed by atoms with Crippen LogP contribution in [0.25, 0.3) is 0 Å². The SMILES string of the molecule is CCOc1ccccc1.F[B-](F)(F)F. The van der Waals surface area contributed by atoms with Crippen LogP contribution in [0.2, 0.25) is 0 Å². The molecule has 1 nitrogen and oxygen atoms in total. The van der Waals surface area contributed by atoms with Crippen LogP contribution in [0.1, 0.15) is 6.92 Å². The average Bonchev–Trinajstić information content (AvgIpc) is 2.03. The highest BCUT2D eigenvalue weighted by Crippen LogP contribution is 2.07. The summed E-state index contributed by atoms with van der Waals surface area (Å²) in [4.78, 5) is 0. The fourth-order valence-electron chi connectivity index (χ4n) is 0.683. The van der Waals surface area contributed by atoms with Gasteiger partial charge in [0.25, 0.3) is 0 Å². The van der Waals surface area contributed by atoms with Crippen LogP contribution >= 0.6 is 0 Å².